The lowest BCUT2D eigenvalue weighted by atomic mass is 9.98. The normalized spacial score (nSPS) is 18.6. The van der Waals surface area contributed by atoms with Gasteiger partial charge in [-0.15, -0.1) is 0 Å². The van der Waals surface area contributed by atoms with Crippen LogP contribution < -0.4 is 4.90 Å². The summed E-state index contributed by atoms with van der Waals surface area (Å²) in [5.74, 6) is 0.913. The van der Waals surface area contributed by atoms with Gasteiger partial charge in [-0.2, -0.15) is 0 Å². The average Bonchev–Trinajstić information content (AvgIpc) is 3.58. The molecule has 0 radical (unpaired) electrons. The van der Waals surface area contributed by atoms with Crippen molar-refractivity contribution in [1.29, 1.82) is 0 Å². The van der Waals surface area contributed by atoms with Crippen molar-refractivity contribution in [1.82, 2.24) is 9.88 Å². The Labute approximate surface area is 211 Å². The molecule has 2 aliphatic heterocycles. The molecule has 2 aliphatic rings. The minimum absolute atomic E-state index is 0.133. The molecule has 6 heteroatoms. The number of hydrogen-bond acceptors (Lipinski definition) is 3. The highest BCUT2D eigenvalue weighted by Crippen LogP contribution is 2.41. The minimum Gasteiger partial charge on any atom is -0.495 e. The van der Waals surface area contributed by atoms with E-state index in [0.29, 0.717) is 16.7 Å². The number of anilines is 1. The summed E-state index contributed by atoms with van der Waals surface area (Å²) in [6.07, 6.45) is 9.91. The molecule has 2 aromatic carbocycles. The van der Waals surface area contributed by atoms with E-state index in [0.717, 1.165) is 41.2 Å². The standard InChI is InChI=1S/C28H29Cl2N3O/c29-24-12-11-23(19-25(24)30)33-20-22(21-8-2-1-3-9-21)18-27(28(33)26-10-6-13-31-26)34-17-7-16-32-14-4-5-15-32/h1-3,6,8-13,18-20,28,31H,4-5,7,14-17H2. The van der Waals surface area contributed by atoms with E-state index in [9.17, 15) is 0 Å². The minimum atomic E-state index is -0.133. The van der Waals surface area contributed by atoms with Crippen molar-refractivity contribution in [3.63, 3.8) is 0 Å². The zero-order chi connectivity index (χ0) is 23.3. The highest BCUT2D eigenvalue weighted by Gasteiger charge is 2.30. The number of H-pyrrole nitrogens is 1. The van der Waals surface area contributed by atoms with Crippen LogP contribution in [0.3, 0.4) is 0 Å². The number of halogens is 2. The number of nitrogens with one attached hydrogen (secondary N) is 1. The Morgan fingerprint density at radius 1 is 0.941 bits per heavy atom. The topological polar surface area (TPSA) is 31.5 Å². The molecule has 0 aliphatic carbocycles. The Kier molecular flexibility index (Phi) is 7.29. The molecule has 3 aromatic rings. The van der Waals surface area contributed by atoms with Crippen molar-refractivity contribution in [3.8, 4) is 0 Å². The summed E-state index contributed by atoms with van der Waals surface area (Å²) in [6, 6.07) is 20.1. The first kappa shape index (κ1) is 23.1. The SMILES string of the molecule is Clc1ccc(N2C=C(c3ccccc3)C=C(OCCCN3CCCC3)C2c2ccc[nH]2)cc1Cl. The van der Waals surface area contributed by atoms with Gasteiger partial charge in [-0.25, -0.2) is 0 Å². The highest BCUT2D eigenvalue weighted by molar-refractivity contribution is 6.42. The zero-order valence-electron chi connectivity index (χ0n) is 19.1. The molecule has 1 N–H and O–H groups in total. The van der Waals surface area contributed by atoms with E-state index < -0.39 is 0 Å². The Morgan fingerprint density at radius 2 is 1.76 bits per heavy atom. The number of aromatic amines is 1. The number of aromatic nitrogens is 1. The first-order chi connectivity index (χ1) is 16.7. The molecule has 1 saturated heterocycles. The van der Waals surface area contributed by atoms with Crippen LogP contribution in [0.5, 0.6) is 0 Å². The average molecular weight is 494 g/mol. The maximum atomic E-state index is 6.51. The number of likely N-dealkylation sites (tertiary alicyclic amines) is 1. The smallest absolute Gasteiger partial charge is 0.131 e. The zero-order valence-corrected chi connectivity index (χ0v) is 20.6. The molecule has 4 nitrogen and oxygen atoms in total. The van der Waals surface area contributed by atoms with Crippen LogP contribution >= 0.6 is 23.2 Å². The van der Waals surface area contributed by atoms with Gasteiger partial charge in [0.25, 0.3) is 0 Å². The van der Waals surface area contributed by atoms with Crippen LogP contribution in [-0.4, -0.2) is 36.1 Å². The van der Waals surface area contributed by atoms with Crippen molar-refractivity contribution < 1.29 is 4.74 Å². The van der Waals surface area contributed by atoms with Crippen LogP contribution in [0.1, 0.15) is 36.6 Å². The molecule has 0 saturated carbocycles. The van der Waals surface area contributed by atoms with Gasteiger partial charge in [0.15, 0.2) is 0 Å². The molecule has 0 spiro atoms. The van der Waals surface area contributed by atoms with Crippen LogP contribution in [0.2, 0.25) is 10.0 Å². The molecule has 1 aromatic heterocycles. The Bertz CT molecular complexity index is 1150. The Balaban J connectivity index is 1.48. The Morgan fingerprint density at radius 3 is 2.50 bits per heavy atom. The number of benzene rings is 2. The van der Waals surface area contributed by atoms with Crippen molar-refractivity contribution >= 4 is 34.5 Å². The summed E-state index contributed by atoms with van der Waals surface area (Å²) < 4.78 is 6.51. The molecular weight excluding hydrogens is 465 g/mol. The summed E-state index contributed by atoms with van der Waals surface area (Å²) in [6.45, 7) is 4.18. The van der Waals surface area contributed by atoms with Gasteiger partial charge in [0.2, 0.25) is 0 Å². The Hall–Kier alpha value is -2.66. The summed E-state index contributed by atoms with van der Waals surface area (Å²) >= 11 is 12.7. The van der Waals surface area contributed by atoms with Gasteiger partial charge in [-0.05, 0) is 74.3 Å². The molecule has 0 bridgehead atoms. The third-order valence-corrected chi connectivity index (χ3v) is 7.17. The van der Waals surface area contributed by atoms with Crippen molar-refractivity contribution in [2.45, 2.75) is 25.3 Å². The molecule has 34 heavy (non-hydrogen) atoms. The van der Waals surface area contributed by atoms with Crippen LogP contribution in [0.15, 0.2) is 84.9 Å². The molecule has 1 fully saturated rings. The second kappa shape index (κ2) is 10.7. The number of rotatable bonds is 8. The number of nitrogens with zero attached hydrogens (tertiary/aromatic N) is 2. The maximum Gasteiger partial charge on any atom is 0.131 e. The molecular formula is C28H29Cl2N3O. The maximum absolute atomic E-state index is 6.51. The molecule has 1 unspecified atom stereocenters. The van der Waals surface area contributed by atoms with Crippen LogP contribution in [0, 0.1) is 0 Å². The largest absolute Gasteiger partial charge is 0.495 e. The summed E-state index contributed by atoms with van der Waals surface area (Å²) in [5.41, 5.74) is 4.23. The van der Waals surface area contributed by atoms with Crippen LogP contribution in [0.4, 0.5) is 5.69 Å². The van der Waals surface area contributed by atoms with E-state index in [2.05, 4.69) is 57.4 Å². The first-order valence-electron chi connectivity index (χ1n) is 11.9. The fourth-order valence-electron chi connectivity index (χ4n) is 4.71. The number of allylic oxidation sites excluding steroid dienone is 2. The lowest BCUT2D eigenvalue weighted by Crippen LogP contribution is -2.30. The van der Waals surface area contributed by atoms with Gasteiger partial charge in [0.1, 0.15) is 11.8 Å². The van der Waals surface area contributed by atoms with E-state index >= 15 is 0 Å². The third kappa shape index (κ3) is 5.20. The van der Waals surface area contributed by atoms with Crippen molar-refractivity contribution in [2.75, 3.05) is 31.1 Å². The lowest BCUT2D eigenvalue weighted by molar-refractivity contribution is 0.174. The van der Waals surface area contributed by atoms with Crippen LogP contribution in [-0.2, 0) is 4.74 Å². The summed E-state index contributed by atoms with van der Waals surface area (Å²) in [4.78, 5) is 8.13. The molecule has 5 rings (SSSR count). The molecule has 0 amide bonds. The summed E-state index contributed by atoms with van der Waals surface area (Å²) in [5, 5.41) is 1.07. The fraction of sp³-hybridized carbons (Fsp3) is 0.286. The van der Waals surface area contributed by atoms with Gasteiger partial charge in [0.05, 0.1) is 16.7 Å². The van der Waals surface area contributed by atoms with E-state index in [-0.39, 0.29) is 6.04 Å². The van der Waals surface area contributed by atoms with E-state index in [1.54, 1.807) is 0 Å². The van der Waals surface area contributed by atoms with Gasteiger partial charge >= 0.3 is 0 Å². The lowest BCUT2D eigenvalue weighted by Gasteiger charge is -2.36. The molecule has 1 atom stereocenters. The van der Waals surface area contributed by atoms with Gasteiger partial charge in [-0.1, -0.05) is 53.5 Å². The monoisotopic (exact) mass is 493 g/mol. The predicted molar refractivity (Wildman–Crippen MR) is 141 cm³/mol. The second-order valence-corrected chi connectivity index (χ2v) is 9.60. The van der Waals surface area contributed by atoms with Crippen LogP contribution in [0.25, 0.3) is 5.57 Å². The van der Waals surface area contributed by atoms with Gasteiger partial charge < -0.3 is 19.5 Å². The van der Waals surface area contributed by atoms with E-state index in [1.807, 2.05) is 36.5 Å². The van der Waals surface area contributed by atoms with Gasteiger partial charge in [0, 0.05) is 35.9 Å². The fourth-order valence-corrected chi connectivity index (χ4v) is 5.00. The predicted octanol–water partition coefficient (Wildman–Crippen LogP) is 7.31. The first-order valence-corrected chi connectivity index (χ1v) is 12.7. The van der Waals surface area contributed by atoms with E-state index in [1.165, 1.54) is 25.9 Å². The quantitative estimate of drug-likeness (QED) is 0.333. The van der Waals surface area contributed by atoms with Gasteiger partial charge in [-0.3, -0.25) is 0 Å². The van der Waals surface area contributed by atoms with Crippen molar-refractivity contribution in [3.05, 3.63) is 106 Å². The van der Waals surface area contributed by atoms with Crippen molar-refractivity contribution in [2.24, 2.45) is 0 Å². The second-order valence-electron chi connectivity index (χ2n) is 8.78. The molecule has 176 valence electrons. The number of ether oxygens (including phenoxy) is 1. The number of hydrogen-bond donors (Lipinski definition) is 1. The van der Waals surface area contributed by atoms with E-state index in [4.69, 9.17) is 27.9 Å². The third-order valence-electron chi connectivity index (χ3n) is 6.43. The highest BCUT2D eigenvalue weighted by atomic mass is 35.5. The molecule has 3 heterocycles. The summed E-state index contributed by atoms with van der Waals surface area (Å²) in [7, 11) is 0.